The van der Waals surface area contributed by atoms with E-state index in [1.54, 1.807) is 6.20 Å². The Hall–Kier alpha value is -1.61. The molecule has 106 valence electrons. The predicted octanol–water partition coefficient (Wildman–Crippen LogP) is 3.73. The number of rotatable bonds is 3. The summed E-state index contributed by atoms with van der Waals surface area (Å²) in [5, 5.41) is 14.9. The van der Waals surface area contributed by atoms with Gasteiger partial charge in [0.2, 0.25) is 0 Å². The fourth-order valence-electron chi connectivity index (χ4n) is 3.09. The number of para-hydroxylation sites is 1. The van der Waals surface area contributed by atoms with Crippen molar-refractivity contribution < 1.29 is 5.11 Å². The van der Waals surface area contributed by atoms with Crippen LogP contribution in [0.3, 0.4) is 0 Å². The summed E-state index contributed by atoms with van der Waals surface area (Å²) in [7, 11) is 0. The number of hydrogen-bond donors (Lipinski definition) is 1. The fraction of sp³-hybridized carbons (Fsp3) is 0.471. The maximum atomic E-state index is 10.5. The van der Waals surface area contributed by atoms with Gasteiger partial charge in [0.1, 0.15) is 0 Å². The molecule has 0 spiro atoms. The van der Waals surface area contributed by atoms with Gasteiger partial charge in [0.15, 0.2) is 0 Å². The maximum Gasteiger partial charge on any atom is 0.0848 e. The van der Waals surface area contributed by atoms with Crippen molar-refractivity contribution in [3.8, 4) is 5.69 Å². The average Bonchev–Trinajstić information content (AvgIpc) is 2.98. The molecular weight excluding hydrogens is 248 g/mol. The Morgan fingerprint density at radius 1 is 1.15 bits per heavy atom. The van der Waals surface area contributed by atoms with Crippen LogP contribution in [0.25, 0.3) is 5.69 Å². The third kappa shape index (κ3) is 2.78. The molecule has 0 saturated heterocycles. The first-order valence-corrected chi connectivity index (χ1v) is 7.52. The number of aliphatic hydroxyl groups excluding tert-OH is 1. The van der Waals surface area contributed by atoms with Gasteiger partial charge in [-0.3, -0.25) is 0 Å². The van der Waals surface area contributed by atoms with Gasteiger partial charge in [0.05, 0.1) is 18.0 Å². The van der Waals surface area contributed by atoms with Crippen LogP contribution in [-0.4, -0.2) is 14.9 Å². The van der Waals surface area contributed by atoms with Crippen LogP contribution in [0.4, 0.5) is 0 Å². The highest BCUT2D eigenvalue weighted by Crippen LogP contribution is 2.36. The van der Waals surface area contributed by atoms with E-state index in [1.165, 1.54) is 12.8 Å². The largest absolute Gasteiger partial charge is 0.388 e. The first-order valence-electron chi connectivity index (χ1n) is 7.52. The van der Waals surface area contributed by atoms with Gasteiger partial charge in [-0.25, -0.2) is 4.68 Å². The first kappa shape index (κ1) is 13.4. The van der Waals surface area contributed by atoms with Crippen molar-refractivity contribution >= 4 is 0 Å². The smallest absolute Gasteiger partial charge is 0.0848 e. The third-order valence-electron chi connectivity index (χ3n) is 4.47. The molecule has 1 fully saturated rings. The topological polar surface area (TPSA) is 38.1 Å². The summed E-state index contributed by atoms with van der Waals surface area (Å²) in [4.78, 5) is 0. The quantitative estimate of drug-likeness (QED) is 0.922. The lowest BCUT2D eigenvalue weighted by molar-refractivity contribution is 0.0755. The molecule has 0 aliphatic heterocycles. The molecule has 3 heteroatoms. The Kier molecular flexibility index (Phi) is 3.88. The van der Waals surface area contributed by atoms with Gasteiger partial charge in [-0.1, -0.05) is 38.0 Å². The van der Waals surface area contributed by atoms with Crippen molar-refractivity contribution in [3.05, 3.63) is 48.3 Å². The van der Waals surface area contributed by atoms with E-state index in [9.17, 15) is 5.11 Å². The van der Waals surface area contributed by atoms with Crippen LogP contribution >= 0.6 is 0 Å². The van der Waals surface area contributed by atoms with Crippen molar-refractivity contribution in [2.45, 2.75) is 38.7 Å². The molecule has 0 amide bonds. The summed E-state index contributed by atoms with van der Waals surface area (Å²) in [6.07, 6.45) is 8.09. The number of nitrogens with zero attached hydrogens (tertiary/aromatic N) is 2. The van der Waals surface area contributed by atoms with E-state index >= 15 is 0 Å². The van der Waals surface area contributed by atoms with E-state index in [0.717, 1.165) is 30.0 Å². The first-order chi connectivity index (χ1) is 9.74. The lowest BCUT2D eigenvalue weighted by Crippen LogP contribution is -2.19. The number of aliphatic hydroxyl groups is 1. The highest BCUT2D eigenvalue weighted by Gasteiger charge is 2.26. The van der Waals surface area contributed by atoms with Crippen LogP contribution < -0.4 is 0 Å². The number of hydrogen-bond acceptors (Lipinski definition) is 2. The highest BCUT2D eigenvalue weighted by atomic mass is 16.3. The molecule has 1 atom stereocenters. The second kappa shape index (κ2) is 5.80. The van der Waals surface area contributed by atoms with Crippen LogP contribution in [-0.2, 0) is 0 Å². The normalized spacial score (nSPS) is 24.5. The summed E-state index contributed by atoms with van der Waals surface area (Å²) in [5.74, 6) is 1.20. The van der Waals surface area contributed by atoms with Gasteiger partial charge >= 0.3 is 0 Å². The van der Waals surface area contributed by atoms with Crippen molar-refractivity contribution in [1.82, 2.24) is 9.78 Å². The molecule has 1 N–H and O–H groups in total. The van der Waals surface area contributed by atoms with Gasteiger partial charge in [-0.2, -0.15) is 5.10 Å². The fourth-order valence-corrected chi connectivity index (χ4v) is 3.09. The van der Waals surface area contributed by atoms with Crippen molar-refractivity contribution in [2.75, 3.05) is 0 Å². The number of benzene rings is 1. The van der Waals surface area contributed by atoms with E-state index in [-0.39, 0.29) is 6.10 Å². The van der Waals surface area contributed by atoms with Gasteiger partial charge in [0.25, 0.3) is 0 Å². The minimum Gasteiger partial charge on any atom is -0.388 e. The molecule has 1 aliphatic rings. The Bertz CT molecular complexity index is 541. The molecule has 1 aromatic heterocycles. The van der Waals surface area contributed by atoms with Gasteiger partial charge in [-0.15, -0.1) is 0 Å². The Morgan fingerprint density at radius 2 is 1.85 bits per heavy atom. The zero-order valence-corrected chi connectivity index (χ0v) is 11.9. The summed E-state index contributed by atoms with van der Waals surface area (Å²) in [6.45, 7) is 2.30. The zero-order chi connectivity index (χ0) is 13.9. The number of aromatic nitrogens is 2. The summed E-state index contributed by atoms with van der Waals surface area (Å²) in [6, 6.07) is 10.0. The molecule has 1 unspecified atom stereocenters. The van der Waals surface area contributed by atoms with Gasteiger partial charge < -0.3 is 5.11 Å². The molecule has 2 aromatic rings. The Morgan fingerprint density at radius 3 is 2.55 bits per heavy atom. The van der Waals surface area contributed by atoms with Gasteiger partial charge in [-0.05, 0) is 36.8 Å². The van der Waals surface area contributed by atoms with Crippen molar-refractivity contribution in [1.29, 1.82) is 0 Å². The molecule has 3 nitrogen and oxygen atoms in total. The van der Waals surface area contributed by atoms with E-state index in [0.29, 0.717) is 5.92 Å². The molecule has 0 bridgehead atoms. The summed E-state index contributed by atoms with van der Waals surface area (Å²) < 4.78 is 1.84. The lowest BCUT2D eigenvalue weighted by atomic mass is 9.79. The lowest BCUT2D eigenvalue weighted by Gasteiger charge is -2.29. The molecule has 1 heterocycles. The monoisotopic (exact) mass is 270 g/mol. The van der Waals surface area contributed by atoms with Crippen LogP contribution in [0.15, 0.2) is 42.7 Å². The summed E-state index contributed by atoms with van der Waals surface area (Å²) >= 11 is 0. The van der Waals surface area contributed by atoms with Gasteiger partial charge in [0, 0.05) is 11.8 Å². The average molecular weight is 270 g/mol. The zero-order valence-electron chi connectivity index (χ0n) is 11.9. The van der Waals surface area contributed by atoms with E-state index in [4.69, 9.17) is 0 Å². The predicted molar refractivity (Wildman–Crippen MR) is 79.6 cm³/mol. The van der Waals surface area contributed by atoms with E-state index in [1.807, 2.05) is 41.2 Å². The molecule has 1 aliphatic carbocycles. The maximum absolute atomic E-state index is 10.5. The standard InChI is InChI=1S/C17H22N2O/c1-13-7-9-14(10-8-13)17(20)15-11-18-19(12-15)16-5-3-2-4-6-16/h2-6,11-14,17,20H,7-10H2,1H3. The third-order valence-corrected chi connectivity index (χ3v) is 4.47. The van der Waals surface area contributed by atoms with Crippen molar-refractivity contribution in [3.63, 3.8) is 0 Å². The summed E-state index contributed by atoms with van der Waals surface area (Å²) in [5.41, 5.74) is 1.97. The Balaban J connectivity index is 1.73. The SMILES string of the molecule is CC1CCC(C(O)c2cnn(-c3ccccc3)c2)CC1. The van der Waals surface area contributed by atoms with E-state index < -0.39 is 0 Å². The van der Waals surface area contributed by atoms with Crippen LogP contribution in [0, 0.1) is 11.8 Å². The minimum absolute atomic E-state index is 0.375. The second-order valence-corrected chi connectivity index (χ2v) is 6.02. The molecule has 3 rings (SSSR count). The second-order valence-electron chi connectivity index (χ2n) is 6.02. The minimum atomic E-state index is -0.375. The molecule has 1 aromatic carbocycles. The molecule has 0 radical (unpaired) electrons. The van der Waals surface area contributed by atoms with Crippen LogP contribution in [0.5, 0.6) is 0 Å². The van der Waals surface area contributed by atoms with E-state index in [2.05, 4.69) is 12.0 Å². The Labute approximate surface area is 120 Å². The molecule has 1 saturated carbocycles. The molecular formula is C17H22N2O. The van der Waals surface area contributed by atoms with Crippen molar-refractivity contribution in [2.24, 2.45) is 11.8 Å². The molecule has 20 heavy (non-hydrogen) atoms. The van der Waals surface area contributed by atoms with Crippen LogP contribution in [0.1, 0.15) is 44.3 Å². The van der Waals surface area contributed by atoms with Crippen LogP contribution in [0.2, 0.25) is 0 Å². The highest BCUT2D eigenvalue weighted by molar-refractivity contribution is 5.31.